The number of alkyl halides is 3. The number of methoxy groups -OCH3 is 1. The summed E-state index contributed by atoms with van der Waals surface area (Å²) in [6.45, 7) is 0. The number of benzene rings is 1. The van der Waals surface area contributed by atoms with Crippen molar-refractivity contribution in [3.05, 3.63) is 96.3 Å². The zero-order valence-electron chi connectivity index (χ0n) is 20.0. The summed E-state index contributed by atoms with van der Waals surface area (Å²) in [6.07, 6.45) is -2.04. The van der Waals surface area contributed by atoms with E-state index in [1.165, 1.54) is 55.9 Å². The second kappa shape index (κ2) is 10.3. The van der Waals surface area contributed by atoms with Gasteiger partial charge in [0.05, 0.1) is 12.8 Å². The number of hydrogen-bond donors (Lipinski definition) is 1. The van der Waals surface area contributed by atoms with Gasteiger partial charge in [0.25, 0.3) is 5.91 Å². The topological polar surface area (TPSA) is 108 Å². The van der Waals surface area contributed by atoms with Gasteiger partial charge in [0.2, 0.25) is 11.8 Å². The fourth-order valence-electron chi connectivity index (χ4n) is 3.63. The number of carbonyl (C=O) groups is 1. The zero-order valence-corrected chi connectivity index (χ0v) is 20.0. The smallest absolute Gasteiger partial charge is 0.433 e. The first kappa shape index (κ1) is 25.4. The number of aromatic nitrogens is 6. The third-order valence-corrected chi connectivity index (χ3v) is 5.54. The molecule has 13 heteroatoms. The Morgan fingerprint density at radius 2 is 1.69 bits per heavy atom. The van der Waals surface area contributed by atoms with Crippen LogP contribution in [0.4, 0.5) is 23.4 Å². The maximum Gasteiger partial charge on any atom is 0.433 e. The molecule has 39 heavy (non-hydrogen) atoms. The maximum absolute atomic E-state index is 13.8. The average Bonchev–Trinajstić information content (AvgIpc) is 3.40. The molecule has 0 saturated heterocycles. The predicted molar refractivity (Wildman–Crippen MR) is 132 cm³/mol. The van der Waals surface area contributed by atoms with Gasteiger partial charge in [-0.1, -0.05) is 12.1 Å². The maximum atomic E-state index is 13.8. The molecule has 1 N–H and O–H groups in total. The number of halogens is 4. The summed E-state index contributed by atoms with van der Waals surface area (Å²) >= 11 is 0. The lowest BCUT2D eigenvalue weighted by Crippen LogP contribution is -2.16. The fourth-order valence-corrected chi connectivity index (χ4v) is 3.63. The van der Waals surface area contributed by atoms with Gasteiger partial charge in [-0.15, -0.1) is 10.2 Å². The molecule has 0 bridgehead atoms. The van der Waals surface area contributed by atoms with Crippen molar-refractivity contribution in [3.8, 4) is 34.1 Å². The Morgan fingerprint density at radius 3 is 2.33 bits per heavy atom. The van der Waals surface area contributed by atoms with Gasteiger partial charge in [-0.25, -0.2) is 14.6 Å². The van der Waals surface area contributed by atoms with E-state index in [1.807, 2.05) is 0 Å². The molecule has 0 aliphatic heterocycles. The normalized spacial score (nSPS) is 11.3. The SMILES string of the molecule is COc1ccc(-c2cc(C(F)(F)F)n(-c3ccc(NC(=O)c4cccc(-c5ccc(F)nc5)c4)nn3)n2)cn1. The molecule has 9 nitrogen and oxygen atoms in total. The number of nitrogens with zero attached hydrogens (tertiary/aromatic N) is 6. The summed E-state index contributed by atoms with van der Waals surface area (Å²) in [7, 11) is 1.42. The number of anilines is 1. The van der Waals surface area contributed by atoms with Gasteiger partial charge in [0.1, 0.15) is 0 Å². The minimum absolute atomic E-state index is 0.0119. The Bertz CT molecular complexity index is 1620. The van der Waals surface area contributed by atoms with E-state index in [4.69, 9.17) is 4.74 Å². The van der Waals surface area contributed by atoms with Crippen LogP contribution < -0.4 is 10.1 Å². The van der Waals surface area contributed by atoms with Crippen LogP contribution in [0.25, 0.3) is 28.2 Å². The first-order valence-corrected chi connectivity index (χ1v) is 11.3. The summed E-state index contributed by atoms with van der Waals surface area (Å²) in [5, 5.41) is 14.3. The quantitative estimate of drug-likeness (QED) is 0.235. The molecular weight excluding hydrogens is 518 g/mol. The van der Waals surface area contributed by atoms with Gasteiger partial charge in [0, 0.05) is 35.2 Å². The van der Waals surface area contributed by atoms with E-state index in [1.54, 1.807) is 24.3 Å². The predicted octanol–water partition coefficient (Wildman–Crippen LogP) is 5.21. The summed E-state index contributed by atoms with van der Waals surface area (Å²) in [5.41, 5.74) is 0.819. The van der Waals surface area contributed by atoms with Gasteiger partial charge < -0.3 is 10.1 Å². The number of ether oxygens (including phenoxy) is 1. The number of hydrogen-bond acceptors (Lipinski definition) is 7. The molecule has 196 valence electrons. The van der Waals surface area contributed by atoms with Gasteiger partial charge in [-0.2, -0.15) is 22.7 Å². The Hall–Kier alpha value is -5.20. The standard InChI is InChI=1S/C26H17F4N7O2/c1-39-24-10-6-18(14-32-24)19-12-20(26(28,29)30)37(36-19)23-9-8-22(34-35-23)33-25(38)16-4-2-3-15(11-16)17-5-7-21(27)31-13-17/h2-14H,1H3,(H,33,34,38). The van der Waals surface area contributed by atoms with Crippen molar-refractivity contribution in [2.75, 3.05) is 12.4 Å². The van der Waals surface area contributed by atoms with Crippen LogP contribution in [0.15, 0.2) is 79.1 Å². The lowest BCUT2D eigenvalue weighted by molar-refractivity contribution is -0.142. The van der Waals surface area contributed by atoms with Gasteiger partial charge >= 0.3 is 6.18 Å². The van der Waals surface area contributed by atoms with Gasteiger partial charge in [-0.05, 0) is 54.1 Å². The molecular formula is C26H17F4N7O2. The third-order valence-electron chi connectivity index (χ3n) is 5.54. The highest BCUT2D eigenvalue weighted by Crippen LogP contribution is 2.34. The first-order chi connectivity index (χ1) is 18.7. The second-order valence-corrected chi connectivity index (χ2v) is 8.09. The van der Waals surface area contributed by atoms with E-state index >= 15 is 0 Å². The van der Waals surface area contributed by atoms with E-state index in [0.717, 1.165) is 6.07 Å². The number of carbonyl (C=O) groups excluding carboxylic acids is 1. The van der Waals surface area contributed by atoms with Crippen molar-refractivity contribution in [1.29, 1.82) is 0 Å². The van der Waals surface area contributed by atoms with E-state index in [2.05, 4.69) is 30.6 Å². The molecule has 0 fully saturated rings. The molecule has 0 spiro atoms. The first-order valence-electron chi connectivity index (χ1n) is 11.3. The summed E-state index contributed by atoms with van der Waals surface area (Å²) in [4.78, 5) is 20.4. The highest BCUT2D eigenvalue weighted by Gasteiger charge is 2.37. The Labute approximate surface area is 218 Å². The third kappa shape index (κ3) is 5.56. The molecule has 1 aromatic carbocycles. The number of rotatable bonds is 6. The van der Waals surface area contributed by atoms with Crippen LogP contribution in [-0.4, -0.2) is 43.0 Å². The second-order valence-electron chi connectivity index (χ2n) is 8.09. The molecule has 0 radical (unpaired) electrons. The number of amides is 1. The van der Waals surface area contributed by atoms with Crippen molar-refractivity contribution >= 4 is 11.7 Å². The summed E-state index contributed by atoms with van der Waals surface area (Å²) in [5.74, 6) is -1.05. The van der Waals surface area contributed by atoms with Crippen molar-refractivity contribution in [2.24, 2.45) is 0 Å². The van der Waals surface area contributed by atoms with E-state index in [-0.39, 0.29) is 22.9 Å². The van der Waals surface area contributed by atoms with Crippen molar-refractivity contribution in [1.82, 2.24) is 29.9 Å². The van der Waals surface area contributed by atoms with Crippen LogP contribution in [0.2, 0.25) is 0 Å². The molecule has 4 aromatic heterocycles. The molecule has 5 aromatic rings. The highest BCUT2D eigenvalue weighted by molar-refractivity contribution is 6.04. The van der Waals surface area contributed by atoms with Crippen molar-refractivity contribution in [2.45, 2.75) is 6.18 Å². The minimum atomic E-state index is -4.73. The van der Waals surface area contributed by atoms with Crippen molar-refractivity contribution < 1.29 is 27.1 Å². The van der Waals surface area contributed by atoms with Crippen LogP contribution in [0, 0.1) is 5.95 Å². The highest BCUT2D eigenvalue weighted by atomic mass is 19.4. The average molecular weight is 535 g/mol. The molecule has 0 aliphatic rings. The van der Waals surface area contributed by atoms with E-state index < -0.39 is 23.7 Å². The molecule has 0 saturated carbocycles. The monoisotopic (exact) mass is 535 g/mol. The van der Waals surface area contributed by atoms with Crippen LogP contribution in [-0.2, 0) is 6.18 Å². The molecule has 1 amide bonds. The molecule has 0 atom stereocenters. The van der Waals surface area contributed by atoms with E-state index in [0.29, 0.717) is 27.3 Å². The zero-order chi connectivity index (χ0) is 27.6. The van der Waals surface area contributed by atoms with Crippen LogP contribution in [0.5, 0.6) is 5.88 Å². The van der Waals surface area contributed by atoms with Gasteiger partial charge in [0.15, 0.2) is 17.3 Å². The Balaban J connectivity index is 1.37. The van der Waals surface area contributed by atoms with Crippen LogP contribution >= 0.6 is 0 Å². The van der Waals surface area contributed by atoms with Crippen LogP contribution in [0.3, 0.4) is 0 Å². The number of nitrogens with one attached hydrogen (secondary N) is 1. The van der Waals surface area contributed by atoms with Crippen molar-refractivity contribution in [3.63, 3.8) is 0 Å². The fraction of sp³-hybridized carbons (Fsp3) is 0.0769. The largest absolute Gasteiger partial charge is 0.481 e. The number of pyridine rings is 2. The van der Waals surface area contributed by atoms with E-state index in [9.17, 15) is 22.4 Å². The Kier molecular flexibility index (Phi) is 6.71. The molecule has 0 aliphatic carbocycles. The molecule has 5 rings (SSSR count). The molecule has 4 heterocycles. The van der Waals surface area contributed by atoms with Gasteiger partial charge in [-0.3, -0.25) is 4.79 Å². The summed E-state index contributed by atoms with van der Waals surface area (Å²) in [6, 6.07) is 15.7. The lowest BCUT2D eigenvalue weighted by Gasteiger charge is -2.10. The molecule has 0 unspecified atom stereocenters. The van der Waals surface area contributed by atoms with Crippen LogP contribution in [0.1, 0.15) is 16.1 Å². The minimum Gasteiger partial charge on any atom is -0.481 e. The Morgan fingerprint density at radius 1 is 0.897 bits per heavy atom. The summed E-state index contributed by atoms with van der Waals surface area (Å²) < 4.78 is 60.0. The lowest BCUT2D eigenvalue weighted by atomic mass is 10.0.